The minimum Gasteiger partial charge on any atom is -0.349 e. The monoisotopic (exact) mass is 279 g/mol. The van der Waals surface area contributed by atoms with E-state index in [9.17, 15) is 10.1 Å². The summed E-state index contributed by atoms with van der Waals surface area (Å²) >= 11 is 1.56. The predicted molar refractivity (Wildman–Crippen MR) is 73.9 cm³/mol. The largest absolute Gasteiger partial charge is 0.349 e. The fourth-order valence-electron chi connectivity index (χ4n) is 1.72. The number of rotatable bonds is 5. The van der Waals surface area contributed by atoms with Gasteiger partial charge >= 0.3 is 5.69 Å². The van der Waals surface area contributed by atoms with E-state index in [1.54, 1.807) is 30.4 Å². The second-order valence-electron chi connectivity index (χ2n) is 3.92. The summed E-state index contributed by atoms with van der Waals surface area (Å²) in [5, 5.41) is 16.5. The summed E-state index contributed by atoms with van der Waals surface area (Å²) in [5.41, 5.74) is 6.84. The quantitative estimate of drug-likeness (QED) is 0.670. The molecule has 0 radical (unpaired) electrons. The molecule has 0 aliphatic heterocycles. The summed E-state index contributed by atoms with van der Waals surface area (Å²) in [6.07, 6.45) is 4.15. The van der Waals surface area contributed by atoms with Crippen LogP contribution in [-0.2, 0) is 6.42 Å². The molecule has 0 fully saturated rings. The van der Waals surface area contributed by atoms with Crippen LogP contribution in [0.1, 0.15) is 21.9 Å². The lowest BCUT2D eigenvalue weighted by atomic mass is 10.2. The van der Waals surface area contributed by atoms with Crippen LogP contribution in [0.15, 0.2) is 16.0 Å². The van der Waals surface area contributed by atoms with E-state index in [0.29, 0.717) is 6.54 Å². The molecule has 6 nitrogen and oxygen atoms in total. The number of nitrogens with zero attached hydrogens (tertiary/aromatic N) is 2. The maximum atomic E-state index is 10.9. The Labute approximate surface area is 113 Å². The van der Waals surface area contributed by atoms with Gasteiger partial charge in [-0.25, -0.2) is 0 Å². The van der Waals surface area contributed by atoms with Crippen molar-refractivity contribution in [1.29, 1.82) is 0 Å². The summed E-state index contributed by atoms with van der Waals surface area (Å²) in [6, 6.07) is 2.00. The van der Waals surface area contributed by atoms with Crippen LogP contribution >= 0.6 is 11.3 Å². The first-order valence-corrected chi connectivity index (χ1v) is 6.56. The number of aromatic nitrogens is 1. The van der Waals surface area contributed by atoms with Crippen molar-refractivity contribution >= 4 is 29.2 Å². The molecule has 0 atom stereocenters. The van der Waals surface area contributed by atoms with Crippen LogP contribution in [0.4, 0.5) is 5.69 Å². The van der Waals surface area contributed by atoms with Crippen molar-refractivity contribution in [3.63, 3.8) is 0 Å². The lowest BCUT2D eigenvalue weighted by molar-refractivity contribution is -0.386. The Kier molecular flexibility index (Phi) is 4.08. The average Bonchev–Trinajstić information content (AvgIpc) is 2.94. The highest BCUT2D eigenvalue weighted by molar-refractivity contribution is 7.11. The fourth-order valence-corrected chi connectivity index (χ4v) is 2.57. The van der Waals surface area contributed by atoms with E-state index >= 15 is 0 Å². The molecule has 100 valence electrons. The summed E-state index contributed by atoms with van der Waals surface area (Å²) in [7, 11) is 0. The first-order valence-electron chi connectivity index (χ1n) is 5.68. The molecule has 0 amide bonds. The van der Waals surface area contributed by atoms with E-state index in [2.05, 4.69) is 5.16 Å². The first-order chi connectivity index (χ1) is 9.13. The third-order valence-electron chi connectivity index (χ3n) is 2.62. The molecule has 7 heteroatoms. The van der Waals surface area contributed by atoms with Crippen molar-refractivity contribution in [3.05, 3.63) is 43.5 Å². The molecule has 2 aromatic rings. The van der Waals surface area contributed by atoms with Gasteiger partial charge < -0.3 is 10.3 Å². The van der Waals surface area contributed by atoms with Gasteiger partial charge in [-0.3, -0.25) is 10.1 Å². The van der Waals surface area contributed by atoms with Gasteiger partial charge in [0.2, 0.25) is 5.76 Å². The van der Waals surface area contributed by atoms with Gasteiger partial charge in [-0.15, -0.1) is 11.3 Å². The second kappa shape index (κ2) is 5.77. The van der Waals surface area contributed by atoms with Crippen LogP contribution in [0.25, 0.3) is 12.2 Å². The van der Waals surface area contributed by atoms with Gasteiger partial charge in [0.25, 0.3) is 0 Å². The van der Waals surface area contributed by atoms with Gasteiger partial charge in [-0.2, -0.15) is 0 Å². The fraction of sp³-hybridized carbons (Fsp3) is 0.250. The second-order valence-corrected chi connectivity index (χ2v) is 4.87. The molecule has 0 bridgehead atoms. The van der Waals surface area contributed by atoms with Gasteiger partial charge in [0.15, 0.2) is 5.69 Å². The molecule has 0 unspecified atom stereocenters. The number of hydrogen-bond donors (Lipinski definition) is 1. The van der Waals surface area contributed by atoms with Crippen molar-refractivity contribution in [2.75, 3.05) is 6.54 Å². The molecule has 0 aliphatic carbocycles. The minimum atomic E-state index is -0.485. The highest BCUT2D eigenvalue weighted by Crippen LogP contribution is 2.26. The number of nitrogens with two attached hydrogens (primary N) is 1. The zero-order valence-electron chi connectivity index (χ0n) is 10.3. The van der Waals surface area contributed by atoms with Crippen molar-refractivity contribution in [2.24, 2.45) is 5.73 Å². The van der Waals surface area contributed by atoms with Crippen molar-refractivity contribution in [1.82, 2.24) is 5.16 Å². The standard InChI is InChI=1S/C12H13N3O3S/c1-8-12(15(16)17)10(18-14-8)2-3-11-9(4-6-13)5-7-19-11/h2-3,5,7H,4,6,13H2,1H3/b3-2+. The maximum absolute atomic E-state index is 10.9. The molecule has 0 aromatic carbocycles. The van der Waals surface area contributed by atoms with Gasteiger partial charge in [0.1, 0.15) is 0 Å². The van der Waals surface area contributed by atoms with E-state index in [1.807, 2.05) is 11.4 Å². The predicted octanol–water partition coefficient (Wildman–Crippen LogP) is 2.62. The third kappa shape index (κ3) is 2.88. The first kappa shape index (κ1) is 13.4. The van der Waals surface area contributed by atoms with E-state index in [4.69, 9.17) is 10.3 Å². The molecule has 2 aromatic heterocycles. The van der Waals surface area contributed by atoms with E-state index in [1.165, 1.54) is 0 Å². The normalized spacial score (nSPS) is 11.3. The molecule has 0 saturated carbocycles. The van der Waals surface area contributed by atoms with E-state index < -0.39 is 4.92 Å². The molecule has 0 aliphatic rings. The van der Waals surface area contributed by atoms with Gasteiger partial charge in [0, 0.05) is 4.88 Å². The number of nitro groups is 1. The maximum Gasteiger partial charge on any atom is 0.338 e. The number of thiophene rings is 1. The number of hydrogen-bond acceptors (Lipinski definition) is 6. The SMILES string of the molecule is Cc1noc(/C=C/c2sccc2CCN)c1[N+](=O)[O-]. The van der Waals surface area contributed by atoms with Crippen LogP contribution < -0.4 is 5.73 Å². The summed E-state index contributed by atoms with van der Waals surface area (Å²) in [5.74, 6) is 0.162. The van der Waals surface area contributed by atoms with Crippen LogP contribution in [0, 0.1) is 17.0 Å². The van der Waals surface area contributed by atoms with Crippen molar-refractivity contribution < 1.29 is 9.45 Å². The minimum absolute atomic E-state index is 0.0896. The van der Waals surface area contributed by atoms with Crippen LogP contribution in [0.2, 0.25) is 0 Å². The van der Waals surface area contributed by atoms with Crippen LogP contribution in [0.5, 0.6) is 0 Å². The average molecular weight is 279 g/mol. The Bertz CT molecular complexity index is 616. The zero-order valence-corrected chi connectivity index (χ0v) is 11.1. The van der Waals surface area contributed by atoms with Gasteiger partial charge in [-0.1, -0.05) is 5.16 Å². The zero-order chi connectivity index (χ0) is 13.8. The molecule has 0 saturated heterocycles. The van der Waals surface area contributed by atoms with E-state index in [0.717, 1.165) is 16.9 Å². The molecule has 2 heterocycles. The Morgan fingerprint density at radius 1 is 1.58 bits per heavy atom. The van der Waals surface area contributed by atoms with Crippen LogP contribution in [0.3, 0.4) is 0 Å². The van der Waals surface area contributed by atoms with Crippen molar-refractivity contribution in [3.8, 4) is 0 Å². The lowest BCUT2D eigenvalue weighted by Gasteiger charge is -1.95. The summed E-state index contributed by atoms with van der Waals surface area (Å²) < 4.78 is 4.96. The van der Waals surface area contributed by atoms with Crippen LogP contribution in [-0.4, -0.2) is 16.6 Å². The summed E-state index contributed by atoms with van der Waals surface area (Å²) in [4.78, 5) is 11.4. The Balaban J connectivity index is 2.28. The molecular formula is C12H13N3O3S. The molecule has 0 spiro atoms. The molecule has 19 heavy (non-hydrogen) atoms. The molecule has 2 rings (SSSR count). The highest BCUT2D eigenvalue weighted by Gasteiger charge is 2.21. The number of aryl methyl sites for hydroxylation is 1. The van der Waals surface area contributed by atoms with Gasteiger partial charge in [0.05, 0.1) is 4.92 Å². The Hall–Kier alpha value is -1.99. The smallest absolute Gasteiger partial charge is 0.338 e. The molecular weight excluding hydrogens is 266 g/mol. The van der Waals surface area contributed by atoms with Crippen molar-refractivity contribution in [2.45, 2.75) is 13.3 Å². The Morgan fingerprint density at radius 3 is 3.05 bits per heavy atom. The van der Waals surface area contributed by atoms with E-state index in [-0.39, 0.29) is 17.1 Å². The topological polar surface area (TPSA) is 95.2 Å². The third-order valence-corrected chi connectivity index (χ3v) is 3.54. The van der Waals surface area contributed by atoms with Gasteiger partial charge in [-0.05, 0) is 49.1 Å². The Morgan fingerprint density at radius 2 is 2.37 bits per heavy atom. The molecule has 2 N–H and O–H groups in total. The lowest BCUT2D eigenvalue weighted by Crippen LogP contribution is -2.02. The summed E-state index contributed by atoms with van der Waals surface area (Å²) in [6.45, 7) is 2.11. The highest BCUT2D eigenvalue weighted by atomic mass is 32.1.